The standard InChI is InChI=1S/C21H27NO3/c1-6-19(17-10-11-20(24-5)15(3)13-17)22-21(23)16(4)25-18-9-7-8-14(2)12-18/h7-13,16,19H,6H2,1-5H3,(H,22,23). The van der Waals surface area contributed by atoms with E-state index in [1.165, 1.54) is 0 Å². The summed E-state index contributed by atoms with van der Waals surface area (Å²) in [6, 6.07) is 13.6. The van der Waals surface area contributed by atoms with Crippen molar-refractivity contribution in [2.24, 2.45) is 0 Å². The predicted molar refractivity (Wildman–Crippen MR) is 100 cm³/mol. The predicted octanol–water partition coefficient (Wildman–Crippen LogP) is 4.35. The van der Waals surface area contributed by atoms with E-state index in [1.54, 1.807) is 14.0 Å². The fraction of sp³-hybridized carbons (Fsp3) is 0.381. The fourth-order valence-electron chi connectivity index (χ4n) is 2.77. The van der Waals surface area contributed by atoms with Gasteiger partial charge in [0, 0.05) is 0 Å². The van der Waals surface area contributed by atoms with Gasteiger partial charge in [0.1, 0.15) is 11.5 Å². The lowest BCUT2D eigenvalue weighted by atomic mass is 10.0. The van der Waals surface area contributed by atoms with E-state index in [9.17, 15) is 4.79 Å². The van der Waals surface area contributed by atoms with Crippen molar-refractivity contribution in [3.63, 3.8) is 0 Å². The Hall–Kier alpha value is -2.49. The number of aryl methyl sites for hydroxylation is 2. The van der Waals surface area contributed by atoms with Gasteiger partial charge in [-0.3, -0.25) is 4.79 Å². The van der Waals surface area contributed by atoms with Gasteiger partial charge in [0.05, 0.1) is 13.2 Å². The normalized spacial score (nSPS) is 13.0. The maximum atomic E-state index is 12.5. The summed E-state index contributed by atoms with van der Waals surface area (Å²) in [5.74, 6) is 1.43. The van der Waals surface area contributed by atoms with Crippen molar-refractivity contribution < 1.29 is 14.3 Å². The molecule has 0 saturated carbocycles. The average Bonchev–Trinajstić information content (AvgIpc) is 2.59. The van der Waals surface area contributed by atoms with E-state index in [4.69, 9.17) is 9.47 Å². The van der Waals surface area contributed by atoms with E-state index in [0.29, 0.717) is 5.75 Å². The number of hydrogen-bond donors (Lipinski definition) is 1. The number of methoxy groups -OCH3 is 1. The van der Waals surface area contributed by atoms with Crippen LogP contribution in [-0.2, 0) is 4.79 Å². The van der Waals surface area contributed by atoms with E-state index >= 15 is 0 Å². The zero-order valence-corrected chi connectivity index (χ0v) is 15.6. The number of carbonyl (C=O) groups is 1. The second-order valence-corrected chi connectivity index (χ2v) is 6.28. The quantitative estimate of drug-likeness (QED) is 0.814. The first kappa shape index (κ1) is 18.8. The van der Waals surface area contributed by atoms with E-state index in [-0.39, 0.29) is 11.9 Å². The van der Waals surface area contributed by atoms with Crippen molar-refractivity contribution in [1.82, 2.24) is 5.32 Å². The van der Waals surface area contributed by atoms with Gasteiger partial charge in [-0.05, 0) is 62.1 Å². The summed E-state index contributed by atoms with van der Waals surface area (Å²) in [5, 5.41) is 3.08. The number of rotatable bonds is 7. The molecular weight excluding hydrogens is 314 g/mol. The van der Waals surface area contributed by atoms with Crippen molar-refractivity contribution in [2.45, 2.75) is 46.3 Å². The molecule has 0 heterocycles. The van der Waals surface area contributed by atoms with Crippen LogP contribution in [0.1, 0.15) is 43.0 Å². The molecule has 0 aromatic heterocycles. The molecular formula is C21H27NO3. The van der Waals surface area contributed by atoms with Gasteiger partial charge in [-0.15, -0.1) is 0 Å². The summed E-state index contributed by atoms with van der Waals surface area (Å²) in [4.78, 5) is 12.5. The molecule has 0 aliphatic rings. The highest BCUT2D eigenvalue weighted by molar-refractivity contribution is 5.81. The van der Waals surface area contributed by atoms with Crippen LogP contribution in [0.4, 0.5) is 0 Å². The van der Waals surface area contributed by atoms with E-state index in [1.807, 2.05) is 50.2 Å². The van der Waals surface area contributed by atoms with Crippen LogP contribution in [0.25, 0.3) is 0 Å². The molecule has 0 saturated heterocycles. The van der Waals surface area contributed by atoms with Crippen molar-refractivity contribution in [3.05, 3.63) is 59.2 Å². The van der Waals surface area contributed by atoms with Crippen LogP contribution in [0.15, 0.2) is 42.5 Å². The van der Waals surface area contributed by atoms with Crippen LogP contribution < -0.4 is 14.8 Å². The molecule has 2 atom stereocenters. The molecule has 25 heavy (non-hydrogen) atoms. The van der Waals surface area contributed by atoms with Gasteiger partial charge in [0.15, 0.2) is 6.10 Å². The highest BCUT2D eigenvalue weighted by atomic mass is 16.5. The van der Waals surface area contributed by atoms with Crippen LogP contribution in [0.5, 0.6) is 11.5 Å². The molecule has 2 aromatic carbocycles. The Morgan fingerprint density at radius 2 is 1.92 bits per heavy atom. The summed E-state index contributed by atoms with van der Waals surface area (Å²) in [6.07, 6.45) is 0.240. The maximum absolute atomic E-state index is 12.5. The van der Waals surface area contributed by atoms with Gasteiger partial charge >= 0.3 is 0 Å². The zero-order chi connectivity index (χ0) is 18.4. The van der Waals surface area contributed by atoms with Crippen LogP contribution in [0.3, 0.4) is 0 Å². The molecule has 0 aliphatic heterocycles. The number of benzene rings is 2. The molecule has 2 unspecified atom stereocenters. The van der Waals surface area contributed by atoms with Crippen molar-refractivity contribution >= 4 is 5.91 Å². The first-order chi connectivity index (χ1) is 11.9. The monoisotopic (exact) mass is 341 g/mol. The largest absolute Gasteiger partial charge is 0.496 e. The summed E-state index contributed by atoms with van der Waals surface area (Å²) >= 11 is 0. The zero-order valence-electron chi connectivity index (χ0n) is 15.6. The lowest BCUT2D eigenvalue weighted by molar-refractivity contribution is -0.128. The molecule has 0 bridgehead atoms. The molecule has 4 nitrogen and oxygen atoms in total. The molecule has 1 amide bonds. The van der Waals surface area contributed by atoms with Gasteiger partial charge in [-0.25, -0.2) is 0 Å². The first-order valence-corrected chi connectivity index (χ1v) is 8.62. The first-order valence-electron chi connectivity index (χ1n) is 8.62. The maximum Gasteiger partial charge on any atom is 0.261 e. The summed E-state index contributed by atoms with van der Waals surface area (Å²) in [5.41, 5.74) is 3.22. The van der Waals surface area contributed by atoms with Crippen molar-refractivity contribution in [1.29, 1.82) is 0 Å². The van der Waals surface area contributed by atoms with E-state index < -0.39 is 6.10 Å². The van der Waals surface area contributed by atoms with Gasteiger partial charge in [-0.2, -0.15) is 0 Å². The smallest absolute Gasteiger partial charge is 0.261 e. The fourth-order valence-corrected chi connectivity index (χ4v) is 2.77. The Labute approximate surface area is 150 Å². The third-order valence-corrected chi connectivity index (χ3v) is 4.22. The Balaban J connectivity index is 2.04. The Morgan fingerprint density at radius 3 is 2.52 bits per heavy atom. The van der Waals surface area contributed by atoms with Crippen LogP contribution in [0.2, 0.25) is 0 Å². The van der Waals surface area contributed by atoms with Gasteiger partial charge in [0.2, 0.25) is 0 Å². The number of hydrogen-bond acceptors (Lipinski definition) is 3. The SMILES string of the molecule is CCC(NC(=O)C(C)Oc1cccc(C)c1)c1ccc(OC)c(C)c1. The Bertz CT molecular complexity index is 727. The lowest BCUT2D eigenvalue weighted by Crippen LogP contribution is -2.38. The number of amides is 1. The molecule has 0 aliphatic carbocycles. The third-order valence-electron chi connectivity index (χ3n) is 4.22. The summed E-state index contributed by atoms with van der Waals surface area (Å²) in [7, 11) is 1.66. The molecule has 0 spiro atoms. The second-order valence-electron chi connectivity index (χ2n) is 6.28. The minimum Gasteiger partial charge on any atom is -0.496 e. The van der Waals surface area contributed by atoms with Gasteiger partial charge in [0.25, 0.3) is 5.91 Å². The second kappa shape index (κ2) is 8.56. The molecule has 0 radical (unpaired) electrons. The molecule has 134 valence electrons. The van der Waals surface area contributed by atoms with Crippen LogP contribution in [-0.4, -0.2) is 19.1 Å². The van der Waals surface area contributed by atoms with Crippen molar-refractivity contribution in [3.8, 4) is 11.5 Å². The minimum absolute atomic E-state index is 0.0549. The van der Waals surface area contributed by atoms with Gasteiger partial charge in [-0.1, -0.05) is 31.2 Å². The lowest BCUT2D eigenvalue weighted by Gasteiger charge is -2.22. The highest BCUT2D eigenvalue weighted by Crippen LogP contribution is 2.24. The molecule has 2 aromatic rings. The van der Waals surface area contributed by atoms with Gasteiger partial charge < -0.3 is 14.8 Å². The summed E-state index contributed by atoms with van der Waals surface area (Å²) in [6.45, 7) is 7.82. The Morgan fingerprint density at radius 1 is 1.16 bits per heavy atom. The number of nitrogens with one attached hydrogen (secondary N) is 1. The molecule has 1 N–H and O–H groups in total. The molecule has 2 rings (SSSR count). The Kier molecular flexibility index (Phi) is 6.45. The van der Waals surface area contributed by atoms with E-state index in [0.717, 1.165) is 28.9 Å². The highest BCUT2D eigenvalue weighted by Gasteiger charge is 2.20. The average molecular weight is 341 g/mol. The topological polar surface area (TPSA) is 47.6 Å². The molecule has 4 heteroatoms. The number of carbonyl (C=O) groups excluding carboxylic acids is 1. The molecule has 0 fully saturated rings. The minimum atomic E-state index is -0.560. The van der Waals surface area contributed by atoms with Crippen LogP contribution in [0, 0.1) is 13.8 Å². The number of ether oxygens (including phenoxy) is 2. The van der Waals surface area contributed by atoms with Crippen LogP contribution >= 0.6 is 0 Å². The summed E-state index contributed by atoms with van der Waals surface area (Å²) < 4.78 is 11.1. The van der Waals surface area contributed by atoms with Crippen molar-refractivity contribution in [2.75, 3.05) is 7.11 Å². The third kappa shape index (κ3) is 4.99. The van der Waals surface area contributed by atoms with E-state index in [2.05, 4.69) is 18.3 Å².